The molecule has 2 aromatic carbocycles. The van der Waals surface area contributed by atoms with Gasteiger partial charge >= 0.3 is 6.18 Å². The van der Waals surface area contributed by atoms with E-state index in [2.05, 4.69) is 10.1 Å². The number of fused-ring (bicyclic) bond motifs is 1. The highest BCUT2D eigenvalue weighted by molar-refractivity contribution is 5.75. The number of hydrogen-bond donors (Lipinski definition) is 3. The normalized spacial score (nSPS) is 19.0. The monoisotopic (exact) mass is 533 g/mol. The summed E-state index contributed by atoms with van der Waals surface area (Å²) in [5.74, 6) is 0.634. The van der Waals surface area contributed by atoms with Crippen LogP contribution in [-0.4, -0.2) is 58.6 Å². The van der Waals surface area contributed by atoms with Gasteiger partial charge < -0.3 is 34.5 Å². The van der Waals surface area contributed by atoms with Crippen molar-refractivity contribution in [3.63, 3.8) is 0 Å². The van der Waals surface area contributed by atoms with E-state index < -0.39 is 23.9 Å². The number of guanidine groups is 1. The summed E-state index contributed by atoms with van der Waals surface area (Å²) in [4.78, 5) is 5.57. The number of nitrogens with zero attached hydrogens (tertiary/aromatic N) is 3. The van der Waals surface area contributed by atoms with Gasteiger partial charge in [-0.25, -0.2) is 0 Å². The Hall–Kier alpha value is -4.00. The van der Waals surface area contributed by atoms with Crippen LogP contribution in [0.4, 0.5) is 13.2 Å². The second-order valence-electron chi connectivity index (χ2n) is 8.97. The lowest BCUT2D eigenvalue weighted by atomic mass is 10.1. The number of nitrogens with one attached hydrogen (secondary N) is 1. The first-order valence-electron chi connectivity index (χ1n) is 12.1. The summed E-state index contributed by atoms with van der Waals surface area (Å²) in [5.41, 5.74) is 5.63. The number of benzene rings is 2. The van der Waals surface area contributed by atoms with Crippen molar-refractivity contribution in [3.05, 3.63) is 53.4 Å². The number of ether oxygens (including phenoxy) is 3. The van der Waals surface area contributed by atoms with E-state index in [1.807, 2.05) is 18.2 Å². The van der Waals surface area contributed by atoms with Gasteiger partial charge in [0.1, 0.15) is 25.0 Å². The minimum Gasteiger partial charge on any atom is -0.493 e. The van der Waals surface area contributed by atoms with Crippen LogP contribution >= 0.6 is 0 Å². The average molecular weight is 534 g/mol. The van der Waals surface area contributed by atoms with E-state index in [0.29, 0.717) is 50.5 Å². The maximum atomic E-state index is 13.9. The molecule has 0 spiro atoms. The lowest BCUT2D eigenvalue weighted by molar-refractivity contribution is -0.138. The third-order valence-electron chi connectivity index (χ3n) is 6.39. The number of likely N-dealkylation sites (tertiary alicyclic amines) is 1. The predicted octanol–water partition coefficient (Wildman–Crippen LogP) is 3.54. The standard InChI is InChI=1S/C25H26F3N5O5/c26-25(27,28)16-13-15(22-31-23(38-32-22)21-17(34)7-8-33(21)24(29)30)4-6-18(16)35-9-1-2-14-3-5-19-20(12-14)37-11-10-36-19/h3-6,12-13,17,21,34H,1-2,7-11H2,(H3,29,30)/t17-,21?/m0/s1. The van der Waals surface area contributed by atoms with Crippen molar-refractivity contribution < 1.29 is 37.0 Å². The smallest absolute Gasteiger partial charge is 0.419 e. The molecule has 5 rings (SSSR count). The highest BCUT2D eigenvalue weighted by Gasteiger charge is 2.39. The number of rotatable bonds is 7. The van der Waals surface area contributed by atoms with E-state index in [0.717, 1.165) is 11.6 Å². The Morgan fingerprint density at radius 2 is 1.95 bits per heavy atom. The third-order valence-corrected chi connectivity index (χ3v) is 6.39. The molecule has 0 radical (unpaired) electrons. The molecule has 4 N–H and O–H groups in total. The molecule has 1 aromatic heterocycles. The molecule has 0 bridgehead atoms. The van der Waals surface area contributed by atoms with E-state index in [-0.39, 0.29) is 35.6 Å². The van der Waals surface area contributed by atoms with Crippen molar-refractivity contribution in [2.45, 2.75) is 37.6 Å². The summed E-state index contributed by atoms with van der Waals surface area (Å²) in [6, 6.07) is 8.27. The molecular formula is C25H26F3N5O5. The maximum absolute atomic E-state index is 13.9. The Labute approximate surface area is 215 Å². The van der Waals surface area contributed by atoms with Gasteiger partial charge in [-0.15, -0.1) is 0 Å². The zero-order valence-electron chi connectivity index (χ0n) is 20.2. The van der Waals surface area contributed by atoms with Crippen LogP contribution in [0.2, 0.25) is 0 Å². The van der Waals surface area contributed by atoms with Crippen LogP contribution < -0.4 is 19.9 Å². The molecule has 1 saturated heterocycles. The molecule has 13 heteroatoms. The molecule has 0 aliphatic carbocycles. The highest BCUT2D eigenvalue weighted by Crippen LogP contribution is 2.39. The van der Waals surface area contributed by atoms with Crippen molar-refractivity contribution in [1.29, 1.82) is 5.41 Å². The van der Waals surface area contributed by atoms with Gasteiger partial charge in [0, 0.05) is 12.1 Å². The minimum atomic E-state index is -4.68. The van der Waals surface area contributed by atoms with Crippen LogP contribution in [-0.2, 0) is 12.6 Å². The van der Waals surface area contributed by atoms with E-state index in [9.17, 15) is 18.3 Å². The van der Waals surface area contributed by atoms with Crippen LogP contribution in [0.5, 0.6) is 17.2 Å². The number of halogens is 3. The fourth-order valence-corrected chi connectivity index (χ4v) is 4.53. The Morgan fingerprint density at radius 3 is 2.71 bits per heavy atom. The number of hydrogen-bond acceptors (Lipinski definition) is 8. The van der Waals surface area contributed by atoms with Crippen LogP contribution in [0.3, 0.4) is 0 Å². The number of aliphatic hydroxyl groups excluding tert-OH is 1. The Morgan fingerprint density at radius 1 is 1.16 bits per heavy atom. The van der Waals surface area contributed by atoms with E-state index in [1.165, 1.54) is 17.0 Å². The number of nitrogens with two attached hydrogens (primary N) is 1. The topological polar surface area (TPSA) is 140 Å². The van der Waals surface area contributed by atoms with Gasteiger partial charge in [0.25, 0.3) is 5.89 Å². The van der Waals surface area contributed by atoms with Gasteiger partial charge in [-0.1, -0.05) is 11.2 Å². The second-order valence-corrected chi connectivity index (χ2v) is 8.97. The molecule has 1 unspecified atom stereocenters. The van der Waals surface area contributed by atoms with Crippen molar-refractivity contribution in [1.82, 2.24) is 15.0 Å². The zero-order valence-corrected chi connectivity index (χ0v) is 20.2. The highest BCUT2D eigenvalue weighted by atomic mass is 19.4. The summed E-state index contributed by atoms with van der Waals surface area (Å²) in [6.07, 6.45) is -4.17. The molecule has 0 saturated carbocycles. The predicted molar refractivity (Wildman–Crippen MR) is 128 cm³/mol. The summed E-state index contributed by atoms with van der Waals surface area (Å²) in [7, 11) is 0. The van der Waals surface area contributed by atoms with Gasteiger partial charge in [-0.3, -0.25) is 5.41 Å². The van der Waals surface area contributed by atoms with Gasteiger partial charge in [0.2, 0.25) is 5.82 Å². The minimum absolute atomic E-state index is 0.0341. The van der Waals surface area contributed by atoms with Crippen LogP contribution in [0.15, 0.2) is 40.9 Å². The van der Waals surface area contributed by atoms with Crippen molar-refractivity contribution >= 4 is 5.96 Å². The van der Waals surface area contributed by atoms with Crippen LogP contribution in [0, 0.1) is 5.41 Å². The molecule has 2 aliphatic rings. The lowest BCUT2D eigenvalue weighted by Gasteiger charge is -2.22. The maximum Gasteiger partial charge on any atom is 0.419 e. The fourth-order valence-electron chi connectivity index (χ4n) is 4.53. The van der Waals surface area contributed by atoms with Crippen LogP contribution in [0.1, 0.15) is 35.9 Å². The first-order valence-corrected chi connectivity index (χ1v) is 12.1. The SMILES string of the molecule is N=C(N)N1CC[C@H](O)C1c1nc(-c2ccc(OCCCc3ccc4c(c3)OCCO4)c(C(F)(F)F)c2)no1. The van der Waals surface area contributed by atoms with E-state index >= 15 is 0 Å². The Kier molecular flexibility index (Phi) is 7.02. The summed E-state index contributed by atoms with van der Waals surface area (Å²) in [5, 5.41) is 21.7. The van der Waals surface area contributed by atoms with Crippen molar-refractivity contribution in [3.8, 4) is 28.6 Å². The molecule has 0 amide bonds. The van der Waals surface area contributed by atoms with Crippen molar-refractivity contribution in [2.24, 2.45) is 5.73 Å². The number of aryl methyl sites for hydroxylation is 1. The molecular weight excluding hydrogens is 507 g/mol. The largest absolute Gasteiger partial charge is 0.493 e. The Balaban J connectivity index is 1.27. The number of aliphatic hydroxyl groups is 1. The summed E-state index contributed by atoms with van der Waals surface area (Å²) >= 11 is 0. The molecule has 2 atom stereocenters. The van der Waals surface area contributed by atoms with Gasteiger partial charge in [-0.2, -0.15) is 18.2 Å². The van der Waals surface area contributed by atoms with Crippen LogP contribution in [0.25, 0.3) is 11.4 Å². The molecule has 1 fully saturated rings. The second kappa shape index (κ2) is 10.4. The van der Waals surface area contributed by atoms with Gasteiger partial charge in [-0.05, 0) is 55.2 Å². The van der Waals surface area contributed by atoms with E-state index in [4.69, 9.17) is 29.9 Å². The van der Waals surface area contributed by atoms with Crippen molar-refractivity contribution in [2.75, 3.05) is 26.4 Å². The first kappa shape index (κ1) is 25.6. The molecule has 3 aromatic rings. The lowest BCUT2D eigenvalue weighted by Crippen LogP contribution is -2.37. The Bertz CT molecular complexity index is 1310. The number of aromatic nitrogens is 2. The summed E-state index contributed by atoms with van der Waals surface area (Å²) < 4.78 is 63.4. The number of alkyl halides is 3. The molecule has 10 nitrogen and oxygen atoms in total. The zero-order chi connectivity index (χ0) is 26.9. The fraction of sp³-hybridized carbons (Fsp3) is 0.400. The van der Waals surface area contributed by atoms with Gasteiger partial charge in [0.15, 0.2) is 17.5 Å². The summed E-state index contributed by atoms with van der Waals surface area (Å²) in [6.45, 7) is 1.36. The van der Waals surface area contributed by atoms with Gasteiger partial charge in [0.05, 0.1) is 18.3 Å². The molecule has 2 aliphatic heterocycles. The van der Waals surface area contributed by atoms with E-state index in [1.54, 1.807) is 0 Å². The molecule has 38 heavy (non-hydrogen) atoms. The quantitative estimate of drug-likeness (QED) is 0.236. The average Bonchev–Trinajstić information content (AvgIpc) is 3.52. The third kappa shape index (κ3) is 5.32. The molecule has 202 valence electrons. The molecule has 3 heterocycles. The first-order chi connectivity index (χ1) is 18.2.